The van der Waals surface area contributed by atoms with Crippen LogP contribution < -0.4 is 4.74 Å². The van der Waals surface area contributed by atoms with Crippen molar-refractivity contribution in [1.82, 2.24) is 4.98 Å². The van der Waals surface area contributed by atoms with Crippen molar-refractivity contribution in [1.29, 1.82) is 0 Å². The summed E-state index contributed by atoms with van der Waals surface area (Å²) in [5, 5.41) is 13.6. The third-order valence-corrected chi connectivity index (χ3v) is 5.17. The van der Waals surface area contributed by atoms with Crippen molar-refractivity contribution in [2.45, 2.75) is 33.1 Å². The third kappa shape index (κ3) is 3.38. The molecule has 0 saturated carbocycles. The maximum absolute atomic E-state index is 9.90. The number of benzene rings is 2. The Morgan fingerprint density at radius 3 is 2.36 bits per heavy atom. The molecule has 3 aromatic rings. The van der Waals surface area contributed by atoms with Gasteiger partial charge in [-0.05, 0) is 74.2 Å². The molecule has 4 heteroatoms. The molecule has 0 radical (unpaired) electrons. The molecular weight excluding hydrogens is 348 g/mol. The van der Waals surface area contributed by atoms with Gasteiger partial charge in [-0.25, -0.2) is 0 Å². The fourth-order valence-electron chi connectivity index (χ4n) is 3.91. The van der Waals surface area contributed by atoms with Gasteiger partial charge in [-0.3, -0.25) is 4.98 Å². The maximum atomic E-state index is 9.90. The lowest BCUT2D eigenvalue weighted by molar-refractivity contribution is 0.315. The SMILES string of the molecule is CCOc1ccc([C@@](C(C)=NO)(c2ccnc(C)c2)c2ccccc2C)cc1. The first-order valence-electron chi connectivity index (χ1n) is 9.45. The van der Waals surface area contributed by atoms with Crippen molar-refractivity contribution in [2.75, 3.05) is 6.61 Å². The second-order valence-corrected chi connectivity index (χ2v) is 6.89. The van der Waals surface area contributed by atoms with E-state index in [1.807, 2.05) is 63.2 Å². The van der Waals surface area contributed by atoms with E-state index >= 15 is 0 Å². The molecule has 144 valence electrons. The molecule has 0 fully saturated rings. The van der Waals surface area contributed by atoms with Crippen LogP contribution in [-0.2, 0) is 5.41 Å². The summed E-state index contributed by atoms with van der Waals surface area (Å²) in [5.41, 5.74) is 4.97. The molecule has 0 amide bonds. The number of nitrogens with zero attached hydrogens (tertiary/aromatic N) is 2. The van der Waals surface area contributed by atoms with E-state index in [0.717, 1.165) is 33.7 Å². The van der Waals surface area contributed by atoms with E-state index in [0.29, 0.717) is 12.3 Å². The molecule has 0 aliphatic rings. The molecule has 1 heterocycles. The van der Waals surface area contributed by atoms with Gasteiger partial charge in [-0.1, -0.05) is 41.6 Å². The van der Waals surface area contributed by atoms with Crippen LogP contribution in [0.1, 0.15) is 41.8 Å². The van der Waals surface area contributed by atoms with E-state index in [1.165, 1.54) is 0 Å². The minimum atomic E-state index is -0.738. The van der Waals surface area contributed by atoms with Crippen LogP contribution in [0.4, 0.5) is 0 Å². The maximum Gasteiger partial charge on any atom is 0.119 e. The van der Waals surface area contributed by atoms with Gasteiger partial charge in [0.05, 0.1) is 17.7 Å². The molecule has 1 N–H and O–H groups in total. The standard InChI is InChI=1S/C24H26N2O2/c1-5-28-22-12-10-20(11-13-22)24(19(4)26-27,21-14-15-25-18(3)16-21)23-9-7-6-8-17(23)2/h6-16,27H,5H2,1-4H3/t24-/m0/s1. The van der Waals surface area contributed by atoms with Gasteiger partial charge in [0, 0.05) is 11.9 Å². The molecular formula is C24H26N2O2. The first-order chi connectivity index (χ1) is 13.5. The van der Waals surface area contributed by atoms with Gasteiger partial charge < -0.3 is 9.94 Å². The Morgan fingerprint density at radius 2 is 1.75 bits per heavy atom. The zero-order valence-corrected chi connectivity index (χ0v) is 16.8. The average molecular weight is 374 g/mol. The van der Waals surface area contributed by atoms with E-state index in [2.05, 4.69) is 35.3 Å². The molecule has 0 aliphatic heterocycles. The summed E-state index contributed by atoms with van der Waals surface area (Å²) in [7, 11) is 0. The molecule has 0 aliphatic carbocycles. The predicted molar refractivity (Wildman–Crippen MR) is 113 cm³/mol. The van der Waals surface area contributed by atoms with Crippen molar-refractivity contribution >= 4 is 5.71 Å². The third-order valence-electron chi connectivity index (χ3n) is 5.17. The molecule has 0 spiro atoms. The predicted octanol–water partition coefficient (Wildman–Crippen LogP) is 5.28. The van der Waals surface area contributed by atoms with Gasteiger partial charge in [0.15, 0.2) is 0 Å². The van der Waals surface area contributed by atoms with Crippen molar-refractivity contribution in [3.8, 4) is 5.75 Å². The monoisotopic (exact) mass is 374 g/mol. The molecule has 0 bridgehead atoms. The van der Waals surface area contributed by atoms with Crippen molar-refractivity contribution in [3.63, 3.8) is 0 Å². The van der Waals surface area contributed by atoms with Crippen LogP contribution in [0.3, 0.4) is 0 Å². The Kier molecular flexibility index (Phi) is 5.78. The molecule has 28 heavy (non-hydrogen) atoms. The summed E-state index contributed by atoms with van der Waals surface area (Å²) in [6, 6.07) is 20.3. The minimum absolute atomic E-state index is 0.594. The number of rotatable bonds is 6. The van der Waals surface area contributed by atoms with E-state index in [1.54, 1.807) is 6.20 Å². The number of hydrogen-bond acceptors (Lipinski definition) is 4. The summed E-state index contributed by atoms with van der Waals surface area (Å²) in [6.45, 7) is 8.49. The number of hydrogen-bond donors (Lipinski definition) is 1. The fourth-order valence-corrected chi connectivity index (χ4v) is 3.91. The normalized spacial score (nSPS) is 13.8. The molecule has 0 unspecified atom stereocenters. The van der Waals surface area contributed by atoms with Crippen LogP contribution in [0.25, 0.3) is 0 Å². The summed E-state index contributed by atoms with van der Waals surface area (Å²) in [5.74, 6) is 0.814. The second kappa shape index (κ2) is 8.26. The number of pyridine rings is 1. The molecule has 1 aromatic heterocycles. The summed E-state index contributed by atoms with van der Waals surface area (Å²) >= 11 is 0. The number of aromatic nitrogens is 1. The van der Waals surface area contributed by atoms with Gasteiger partial charge in [0.1, 0.15) is 5.75 Å². The molecule has 0 saturated heterocycles. The van der Waals surface area contributed by atoms with Crippen LogP contribution >= 0.6 is 0 Å². The van der Waals surface area contributed by atoms with Crippen LogP contribution in [0.2, 0.25) is 0 Å². The number of ether oxygens (including phenoxy) is 1. The highest BCUT2D eigenvalue weighted by Crippen LogP contribution is 2.42. The minimum Gasteiger partial charge on any atom is -0.494 e. The Labute approximate surface area is 166 Å². The summed E-state index contributed by atoms with van der Waals surface area (Å²) in [6.07, 6.45) is 1.80. The zero-order valence-electron chi connectivity index (χ0n) is 16.8. The lowest BCUT2D eigenvalue weighted by atomic mass is 9.65. The number of oxime groups is 1. The first-order valence-corrected chi connectivity index (χ1v) is 9.45. The van der Waals surface area contributed by atoms with E-state index < -0.39 is 5.41 Å². The van der Waals surface area contributed by atoms with E-state index in [9.17, 15) is 5.21 Å². The molecule has 3 rings (SSSR count). The van der Waals surface area contributed by atoms with E-state index in [4.69, 9.17) is 4.74 Å². The van der Waals surface area contributed by atoms with Gasteiger partial charge in [0.2, 0.25) is 0 Å². The smallest absolute Gasteiger partial charge is 0.119 e. The quantitative estimate of drug-likeness (QED) is 0.363. The Morgan fingerprint density at radius 1 is 1.04 bits per heavy atom. The van der Waals surface area contributed by atoms with Gasteiger partial charge in [0.25, 0.3) is 0 Å². The Bertz CT molecular complexity index is 980. The lowest BCUT2D eigenvalue weighted by Gasteiger charge is -2.36. The largest absolute Gasteiger partial charge is 0.494 e. The molecule has 4 nitrogen and oxygen atoms in total. The zero-order chi connectivity index (χ0) is 20.1. The van der Waals surface area contributed by atoms with Gasteiger partial charge in [-0.2, -0.15) is 0 Å². The fraction of sp³-hybridized carbons (Fsp3) is 0.250. The first kappa shape index (κ1) is 19.6. The molecule has 2 aromatic carbocycles. The van der Waals surface area contributed by atoms with Crippen LogP contribution in [0, 0.1) is 13.8 Å². The van der Waals surface area contributed by atoms with Crippen molar-refractivity contribution < 1.29 is 9.94 Å². The summed E-state index contributed by atoms with van der Waals surface area (Å²) in [4.78, 5) is 4.36. The van der Waals surface area contributed by atoms with Crippen molar-refractivity contribution in [3.05, 3.63) is 94.8 Å². The highest BCUT2D eigenvalue weighted by atomic mass is 16.5. The van der Waals surface area contributed by atoms with Gasteiger partial charge >= 0.3 is 0 Å². The lowest BCUT2D eigenvalue weighted by Crippen LogP contribution is -2.38. The highest BCUT2D eigenvalue weighted by molar-refractivity contribution is 6.00. The van der Waals surface area contributed by atoms with Crippen LogP contribution in [-0.4, -0.2) is 22.5 Å². The van der Waals surface area contributed by atoms with Crippen LogP contribution in [0.15, 0.2) is 72.0 Å². The Hall–Kier alpha value is -3.14. The average Bonchev–Trinajstić information content (AvgIpc) is 2.71. The van der Waals surface area contributed by atoms with E-state index in [-0.39, 0.29) is 0 Å². The molecule has 1 atom stereocenters. The summed E-state index contributed by atoms with van der Waals surface area (Å²) < 4.78 is 5.62. The highest BCUT2D eigenvalue weighted by Gasteiger charge is 2.41. The van der Waals surface area contributed by atoms with Gasteiger partial charge in [-0.15, -0.1) is 0 Å². The number of aryl methyl sites for hydroxylation is 2. The van der Waals surface area contributed by atoms with Crippen LogP contribution in [0.5, 0.6) is 5.75 Å². The van der Waals surface area contributed by atoms with Crippen molar-refractivity contribution in [2.24, 2.45) is 5.16 Å². The second-order valence-electron chi connectivity index (χ2n) is 6.89. The Balaban J connectivity index is 2.38. The topological polar surface area (TPSA) is 54.7 Å².